The lowest BCUT2D eigenvalue weighted by Crippen LogP contribution is -2.24. The molecule has 7 heteroatoms. The van der Waals surface area contributed by atoms with E-state index in [0.717, 1.165) is 0 Å². The van der Waals surface area contributed by atoms with Gasteiger partial charge in [0.25, 0.3) is 0 Å². The predicted molar refractivity (Wildman–Crippen MR) is 62.6 cm³/mol. The van der Waals surface area contributed by atoms with Gasteiger partial charge < -0.3 is 22.1 Å². The Kier molecular flexibility index (Phi) is 4.31. The highest BCUT2D eigenvalue weighted by atomic mass is 16.1. The first-order valence-electron chi connectivity index (χ1n) is 5.02. The van der Waals surface area contributed by atoms with Gasteiger partial charge in [-0.15, -0.1) is 0 Å². The highest BCUT2D eigenvalue weighted by molar-refractivity contribution is 5.76. The number of carbonyl (C=O) groups is 1. The molecule has 16 heavy (non-hydrogen) atoms. The SMILES string of the molecule is CCNC(=O)CCNc1cc(N)nc(N)n1. The van der Waals surface area contributed by atoms with E-state index < -0.39 is 0 Å². The summed E-state index contributed by atoms with van der Waals surface area (Å²) in [5.41, 5.74) is 10.9. The minimum Gasteiger partial charge on any atom is -0.383 e. The van der Waals surface area contributed by atoms with Crippen LogP contribution in [0.1, 0.15) is 13.3 Å². The number of nitrogen functional groups attached to an aromatic ring is 2. The van der Waals surface area contributed by atoms with Crippen molar-refractivity contribution in [3.63, 3.8) is 0 Å². The molecule has 0 unspecified atom stereocenters. The molecular formula is C9H16N6O. The third-order valence-corrected chi connectivity index (χ3v) is 1.80. The minimum absolute atomic E-state index is 0.00926. The topological polar surface area (TPSA) is 119 Å². The van der Waals surface area contributed by atoms with Gasteiger partial charge in [0.05, 0.1) is 0 Å². The number of hydrogen-bond donors (Lipinski definition) is 4. The molecule has 88 valence electrons. The first-order chi connectivity index (χ1) is 7.61. The first-order valence-corrected chi connectivity index (χ1v) is 5.02. The summed E-state index contributed by atoms with van der Waals surface area (Å²) in [6.07, 6.45) is 0.373. The van der Waals surface area contributed by atoms with Crippen molar-refractivity contribution in [2.24, 2.45) is 0 Å². The summed E-state index contributed by atoms with van der Waals surface area (Å²) < 4.78 is 0. The van der Waals surface area contributed by atoms with Crippen molar-refractivity contribution in [1.29, 1.82) is 0 Å². The maximum absolute atomic E-state index is 11.1. The largest absolute Gasteiger partial charge is 0.383 e. The summed E-state index contributed by atoms with van der Waals surface area (Å²) >= 11 is 0. The Balaban J connectivity index is 2.40. The molecule has 0 aromatic carbocycles. The summed E-state index contributed by atoms with van der Waals surface area (Å²) in [6.45, 7) is 2.98. The Morgan fingerprint density at radius 2 is 2.19 bits per heavy atom. The molecule has 0 radical (unpaired) electrons. The van der Waals surface area contributed by atoms with Crippen molar-refractivity contribution in [3.8, 4) is 0 Å². The van der Waals surface area contributed by atoms with Crippen LogP contribution in [0.4, 0.5) is 17.6 Å². The van der Waals surface area contributed by atoms with Crippen LogP contribution in [-0.2, 0) is 4.79 Å². The highest BCUT2D eigenvalue weighted by Gasteiger charge is 2.01. The lowest BCUT2D eigenvalue weighted by Gasteiger charge is -2.06. The third-order valence-electron chi connectivity index (χ3n) is 1.80. The molecule has 0 spiro atoms. The fourth-order valence-corrected chi connectivity index (χ4v) is 1.17. The zero-order valence-electron chi connectivity index (χ0n) is 9.16. The van der Waals surface area contributed by atoms with E-state index in [1.165, 1.54) is 0 Å². The van der Waals surface area contributed by atoms with E-state index in [0.29, 0.717) is 31.1 Å². The zero-order valence-corrected chi connectivity index (χ0v) is 9.16. The fraction of sp³-hybridized carbons (Fsp3) is 0.444. The number of nitrogens with one attached hydrogen (secondary N) is 2. The van der Waals surface area contributed by atoms with Gasteiger partial charge in [0, 0.05) is 25.6 Å². The maximum atomic E-state index is 11.1. The predicted octanol–water partition coefficient (Wildman–Crippen LogP) is -0.421. The Labute approximate surface area is 93.6 Å². The van der Waals surface area contributed by atoms with Crippen molar-refractivity contribution < 1.29 is 4.79 Å². The van der Waals surface area contributed by atoms with E-state index in [1.807, 2.05) is 6.92 Å². The summed E-state index contributed by atoms with van der Waals surface area (Å²) in [4.78, 5) is 18.8. The molecule has 6 N–H and O–H groups in total. The number of nitrogens with two attached hydrogens (primary N) is 2. The molecule has 0 aliphatic rings. The van der Waals surface area contributed by atoms with Crippen LogP contribution in [-0.4, -0.2) is 29.0 Å². The second-order valence-electron chi connectivity index (χ2n) is 3.17. The Bertz CT molecular complexity index is 347. The summed E-state index contributed by atoms with van der Waals surface area (Å²) in [6, 6.07) is 1.56. The van der Waals surface area contributed by atoms with Crippen molar-refractivity contribution in [2.45, 2.75) is 13.3 Å². The standard InChI is InChI=1S/C9H16N6O/c1-2-12-8(16)3-4-13-7-5-6(10)14-9(11)15-7/h5H,2-4H2,1H3,(H,12,16)(H5,10,11,13,14,15). The van der Waals surface area contributed by atoms with Crippen LogP contribution in [0, 0.1) is 0 Å². The molecule has 1 aromatic rings. The number of aromatic nitrogens is 2. The van der Waals surface area contributed by atoms with Crippen LogP contribution in [0.25, 0.3) is 0 Å². The van der Waals surface area contributed by atoms with E-state index in [1.54, 1.807) is 6.07 Å². The monoisotopic (exact) mass is 224 g/mol. The molecule has 1 rings (SSSR count). The second kappa shape index (κ2) is 5.74. The molecule has 0 aliphatic heterocycles. The van der Waals surface area contributed by atoms with Gasteiger partial charge in [-0.1, -0.05) is 0 Å². The lowest BCUT2D eigenvalue weighted by atomic mass is 10.4. The molecule has 0 saturated carbocycles. The molecule has 0 bridgehead atoms. The second-order valence-corrected chi connectivity index (χ2v) is 3.17. The number of carbonyl (C=O) groups excluding carboxylic acids is 1. The van der Waals surface area contributed by atoms with Gasteiger partial charge in [-0.05, 0) is 6.92 Å². The molecule has 1 amide bonds. The van der Waals surface area contributed by atoms with E-state index >= 15 is 0 Å². The average molecular weight is 224 g/mol. The van der Waals surface area contributed by atoms with Crippen molar-refractivity contribution in [2.75, 3.05) is 29.9 Å². The quantitative estimate of drug-likeness (QED) is 0.539. The number of amides is 1. The van der Waals surface area contributed by atoms with Gasteiger partial charge in [-0.25, -0.2) is 0 Å². The van der Waals surface area contributed by atoms with Gasteiger partial charge in [0.2, 0.25) is 11.9 Å². The highest BCUT2D eigenvalue weighted by Crippen LogP contribution is 2.08. The van der Waals surface area contributed by atoms with E-state index in [-0.39, 0.29) is 11.9 Å². The number of nitrogens with zero attached hydrogens (tertiary/aromatic N) is 2. The van der Waals surface area contributed by atoms with Crippen LogP contribution < -0.4 is 22.1 Å². The molecule has 1 heterocycles. The third kappa shape index (κ3) is 3.99. The van der Waals surface area contributed by atoms with Gasteiger partial charge in [0.15, 0.2) is 0 Å². The molecular weight excluding hydrogens is 208 g/mol. The van der Waals surface area contributed by atoms with Crippen molar-refractivity contribution in [1.82, 2.24) is 15.3 Å². The van der Waals surface area contributed by atoms with Gasteiger partial charge in [0.1, 0.15) is 11.6 Å². The van der Waals surface area contributed by atoms with E-state index in [9.17, 15) is 4.79 Å². The minimum atomic E-state index is -0.00926. The van der Waals surface area contributed by atoms with Gasteiger partial charge in [-0.2, -0.15) is 9.97 Å². The molecule has 0 aliphatic carbocycles. The number of rotatable bonds is 5. The van der Waals surface area contributed by atoms with E-state index in [2.05, 4.69) is 20.6 Å². The zero-order chi connectivity index (χ0) is 12.0. The van der Waals surface area contributed by atoms with Crippen LogP contribution >= 0.6 is 0 Å². The summed E-state index contributed by atoms with van der Waals surface area (Å²) in [7, 11) is 0. The Morgan fingerprint density at radius 3 is 2.81 bits per heavy atom. The molecule has 0 atom stereocenters. The number of anilines is 3. The summed E-state index contributed by atoms with van der Waals surface area (Å²) in [5, 5.41) is 5.64. The fourth-order valence-electron chi connectivity index (χ4n) is 1.17. The molecule has 0 fully saturated rings. The molecule has 7 nitrogen and oxygen atoms in total. The van der Waals surface area contributed by atoms with E-state index in [4.69, 9.17) is 11.5 Å². The maximum Gasteiger partial charge on any atom is 0.223 e. The molecule has 1 aromatic heterocycles. The van der Waals surface area contributed by atoms with Gasteiger partial charge in [-0.3, -0.25) is 4.79 Å². The smallest absolute Gasteiger partial charge is 0.223 e. The average Bonchev–Trinajstić information content (AvgIpc) is 2.16. The van der Waals surface area contributed by atoms with Crippen LogP contribution in [0.5, 0.6) is 0 Å². The van der Waals surface area contributed by atoms with Gasteiger partial charge >= 0.3 is 0 Å². The van der Waals surface area contributed by atoms with Crippen LogP contribution in [0.2, 0.25) is 0 Å². The number of hydrogen-bond acceptors (Lipinski definition) is 6. The van der Waals surface area contributed by atoms with Crippen LogP contribution in [0.15, 0.2) is 6.07 Å². The molecule has 0 saturated heterocycles. The van der Waals surface area contributed by atoms with Crippen molar-refractivity contribution in [3.05, 3.63) is 6.07 Å². The Morgan fingerprint density at radius 1 is 1.44 bits per heavy atom. The first kappa shape index (κ1) is 12.0. The van der Waals surface area contributed by atoms with Crippen molar-refractivity contribution >= 4 is 23.5 Å². The normalized spacial score (nSPS) is 9.81. The summed E-state index contributed by atoms with van der Waals surface area (Å²) in [5.74, 6) is 0.924. The lowest BCUT2D eigenvalue weighted by molar-refractivity contribution is -0.120. The van der Waals surface area contributed by atoms with Crippen LogP contribution in [0.3, 0.4) is 0 Å². The Hall–Kier alpha value is -2.05.